The molecule has 4 rings (SSSR count). The average Bonchev–Trinajstić information content (AvgIpc) is 3.16. The Labute approximate surface area is 215 Å². The van der Waals surface area contributed by atoms with Gasteiger partial charge in [-0.15, -0.1) is 24.8 Å². The van der Waals surface area contributed by atoms with Crippen molar-refractivity contribution >= 4 is 51.6 Å². The van der Waals surface area contributed by atoms with Crippen LogP contribution in [0.2, 0.25) is 0 Å². The van der Waals surface area contributed by atoms with E-state index in [1.54, 1.807) is 5.56 Å². The van der Waals surface area contributed by atoms with Gasteiger partial charge in [-0.05, 0) is 93.8 Å². The van der Waals surface area contributed by atoms with Crippen LogP contribution in [0.15, 0.2) is 28.9 Å². The highest BCUT2D eigenvalue weighted by atomic mass is 79.9. The second kappa shape index (κ2) is 14.2. The Morgan fingerprint density at radius 3 is 2.34 bits per heavy atom. The van der Waals surface area contributed by atoms with E-state index < -0.39 is 0 Å². The molecule has 2 aromatic rings. The number of nitrogens with one attached hydrogen (secondary N) is 1. The summed E-state index contributed by atoms with van der Waals surface area (Å²) in [6.45, 7) is 2.93. The van der Waals surface area contributed by atoms with Gasteiger partial charge in [0, 0.05) is 27.6 Å². The molecule has 1 heterocycles. The first-order valence-corrected chi connectivity index (χ1v) is 13.3. The SMILES string of the molecule is Cl.Cl.NCCCNCCC(c1cn(C2CCCCC2)c2ccc(Br)cc12)C1CCCCC1. The lowest BCUT2D eigenvalue weighted by atomic mass is 9.75. The third kappa shape index (κ3) is 6.88. The molecule has 0 spiro atoms. The number of fused-ring (bicyclic) bond motifs is 1. The van der Waals surface area contributed by atoms with Gasteiger partial charge >= 0.3 is 0 Å². The molecule has 2 fully saturated rings. The molecule has 0 amide bonds. The average molecular weight is 547 g/mol. The van der Waals surface area contributed by atoms with E-state index in [1.165, 1.54) is 86.0 Å². The molecule has 3 N–H and O–H groups in total. The third-order valence-electron chi connectivity index (χ3n) is 7.60. The molecule has 0 bridgehead atoms. The lowest BCUT2D eigenvalue weighted by Crippen LogP contribution is -2.24. The molecule has 1 unspecified atom stereocenters. The third-order valence-corrected chi connectivity index (χ3v) is 8.10. The molecule has 6 heteroatoms. The van der Waals surface area contributed by atoms with Gasteiger partial charge in [-0.1, -0.05) is 54.5 Å². The molecule has 2 aliphatic rings. The van der Waals surface area contributed by atoms with E-state index >= 15 is 0 Å². The van der Waals surface area contributed by atoms with Crippen LogP contribution in [0.4, 0.5) is 0 Å². The lowest BCUT2D eigenvalue weighted by Gasteiger charge is -2.31. The highest BCUT2D eigenvalue weighted by Gasteiger charge is 2.29. The largest absolute Gasteiger partial charge is 0.344 e. The molecule has 2 aliphatic carbocycles. The minimum atomic E-state index is 0. The first-order chi connectivity index (χ1) is 14.8. The van der Waals surface area contributed by atoms with Gasteiger partial charge in [0.1, 0.15) is 0 Å². The monoisotopic (exact) mass is 545 g/mol. The number of rotatable bonds is 9. The summed E-state index contributed by atoms with van der Waals surface area (Å²) in [5.41, 5.74) is 8.75. The predicted octanol–water partition coefficient (Wildman–Crippen LogP) is 7.75. The Morgan fingerprint density at radius 2 is 1.66 bits per heavy atom. The lowest BCUT2D eigenvalue weighted by molar-refractivity contribution is 0.292. The molecule has 1 atom stereocenters. The van der Waals surface area contributed by atoms with Gasteiger partial charge < -0.3 is 15.6 Å². The van der Waals surface area contributed by atoms with Crippen LogP contribution in [0, 0.1) is 5.92 Å². The quantitative estimate of drug-likeness (QED) is 0.316. The van der Waals surface area contributed by atoms with Crippen molar-refractivity contribution < 1.29 is 0 Å². The van der Waals surface area contributed by atoms with E-state index in [2.05, 4.69) is 50.2 Å². The molecule has 3 nitrogen and oxygen atoms in total. The second-order valence-corrected chi connectivity index (χ2v) is 10.5. The maximum absolute atomic E-state index is 5.68. The van der Waals surface area contributed by atoms with Gasteiger partial charge in [0.25, 0.3) is 0 Å². The fraction of sp³-hybridized carbons (Fsp3) is 0.692. The Bertz CT molecular complexity index is 798. The summed E-state index contributed by atoms with van der Waals surface area (Å²) in [7, 11) is 0. The van der Waals surface area contributed by atoms with Crippen molar-refractivity contribution in [3.05, 3.63) is 34.4 Å². The number of nitrogens with zero attached hydrogens (tertiary/aromatic N) is 1. The van der Waals surface area contributed by atoms with Crippen molar-refractivity contribution in [2.75, 3.05) is 19.6 Å². The number of hydrogen-bond donors (Lipinski definition) is 2. The van der Waals surface area contributed by atoms with E-state index in [1.807, 2.05) is 0 Å². The molecule has 1 aromatic carbocycles. The van der Waals surface area contributed by atoms with Crippen LogP contribution in [-0.4, -0.2) is 24.2 Å². The van der Waals surface area contributed by atoms with Crippen LogP contribution in [0.5, 0.6) is 0 Å². The van der Waals surface area contributed by atoms with Crippen LogP contribution in [0.1, 0.15) is 94.6 Å². The summed E-state index contributed by atoms with van der Waals surface area (Å²) in [6, 6.07) is 7.66. The van der Waals surface area contributed by atoms with E-state index in [4.69, 9.17) is 5.73 Å². The van der Waals surface area contributed by atoms with Crippen molar-refractivity contribution in [1.82, 2.24) is 9.88 Å². The molecule has 32 heavy (non-hydrogen) atoms. The van der Waals surface area contributed by atoms with Crippen molar-refractivity contribution in [3.8, 4) is 0 Å². The highest BCUT2D eigenvalue weighted by Crippen LogP contribution is 2.43. The van der Waals surface area contributed by atoms with E-state index in [-0.39, 0.29) is 24.8 Å². The Morgan fingerprint density at radius 1 is 0.969 bits per heavy atom. The van der Waals surface area contributed by atoms with Crippen LogP contribution in [0.3, 0.4) is 0 Å². The molecular weight excluding hydrogens is 505 g/mol. The fourth-order valence-electron chi connectivity index (χ4n) is 6.00. The summed E-state index contributed by atoms with van der Waals surface area (Å²) in [4.78, 5) is 0. The normalized spacial score (nSPS) is 18.8. The van der Waals surface area contributed by atoms with Crippen molar-refractivity contribution in [3.63, 3.8) is 0 Å². The first kappa shape index (κ1) is 28.0. The Hall–Kier alpha value is -0.260. The zero-order chi connectivity index (χ0) is 20.8. The van der Waals surface area contributed by atoms with Gasteiger partial charge in [0.15, 0.2) is 0 Å². The fourth-order valence-corrected chi connectivity index (χ4v) is 6.36. The zero-order valence-electron chi connectivity index (χ0n) is 19.4. The van der Waals surface area contributed by atoms with Crippen molar-refractivity contribution in [2.24, 2.45) is 11.7 Å². The first-order valence-electron chi connectivity index (χ1n) is 12.5. The van der Waals surface area contributed by atoms with Crippen LogP contribution >= 0.6 is 40.7 Å². The minimum absolute atomic E-state index is 0. The van der Waals surface area contributed by atoms with E-state index in [0.717, 1.165) is 32.0 Å². The van der Waals surface area contributed by atoms with Gasteiger partial charge in [-0.3, -0.25) is 0 Å². The number of halogens is 3. The van der Waals surface area contributed by atoms with Crippen molar-refractivity contribution in [1.29, 1.82) is 0 Å². The topological polar surface area (TPSA) is 43.0 Å². The summed E-state index contributed by atoms with van der Waals surface area (Å²) in [5, 5.41) is 5.15. The van der Waals surface area contributed by atoms with E-state index in [9.17, 15) is 0 Å². The molecule has 182 valence electrons. The van der Waals surface area contributed by atoms with Crippen LogP contribution in [-0.2, 0) is 0 Å². The van der Waals surface area contributed by atoms with Gasteiger partial charge in [0.05, 0.1) is 0 Å². The smallest absolute Gasteiger partial charge is 0.0486 e. The Kier molecular flexibility index (Phi) is 12.4. The van der Waals surface area contributed by atoms with E-state index in [0.29, 0.717) is 12.0 Å². The minimum Gasteiger partial charge on any atom is -0.344 e. The maximum Gasteiger partial charge on any atom is 0.0486 e. The van der Waals surface area contributed by atoms with Crippen LogP contribution < -0.4 is 11.1 Å². The highest BCUT2D eigenvalue weighted by molar-refractivity contribution is 9.10. The second-order valence-electron chi connectivity index (χ2n) is 9.63. The predicted molar refractivity (Wildman–Crippen MR) is 147 cm³/mol. The standard InChI is InChI=1S/C26H40BrN3.2ClH/c27-21-12-13-26-24(18-21)25(19-30(26)22-10-5-2-6-11-22)23(14-17-29-16-7-15-28)20-8-3-1-4-9-20;;/h12-13,18-20,22-23,29H,1-11,14-17,28H2;2*1H. The molecular formula is C26H42BrCl2N3. The van der Waals surface area contributed by atoms with Crippen LogP contribution in [0.25, 0.3) is 10.9 Å². The summed E-state index contributed by atoms with van der Waals surface area (Å²) in [5.74, 6) is 1.50. The molecule has 1 aromatic heterocycles. The Balaban J connectivity index is 0.00000181. The van der Waals surface area contributed by atoms with Gasteiger partial charge in [0.2, 0.25) is 0 Å². The maximum atomic E-state index is 5.68. The van der Waals surface area contributed by atoms with Gasteiger partial charge in [-0.2, -0.15) is 0 Å². The molecule has 2 saturated carbocycles. The summed E-state index contributed by atoms with van der Waals surface area (Å²) < 4.78 is 3.87. The number of aromatic nitrogens is 1. The number of nitrogens with two attached hydrogens (primary N) is 1. The molecule has 0 saturated heterocycles. The zero-order valence-corrected chi connectivity index (χ0v) is 22.6. The summed E-state index contributed by atoms with van der Waals surface area (Å²) in [6.07, 6.45) is 18.8. The molecule has 0 radical (unpaired) electrons. The molecule has 0 aliphatic heterocycles. The van der Waals surface area contributed by atoms with Crippen molar-refractivity contribution in [2.45, 2.75) is 89.0 Å². The number of hydrogen-bond acceptors (Lipinski definition) is 2. The summed E-state index contributed by atoms with van der Waals surface area (Å²) >= 11 is 3.76. The number of benzene rings is 1. The van der Waals surface area contributed by atoms with Gasteiger partial charge in [-0.25, -0.2) is 0 Å².